The van der Waals surface area contributed by atoms with Gasteiger partial charge in [-0.1, -0.05) is 24.8 Å². The molecule has 0 aliphatic carbocycles. The Morgan fingerprint density at radius 1 is 1.29 bits per heavy atom. The smallest absolute Gasteiger partial charge is 0.0805 e. The largest absolute Gasteiger partial charge is 0.233 e. The molecule has 0 saturated heterocycles. The van der Waals surface area contributed by atoms with E-state index >= 15 is 0 Å². The van der Waals surface area contributed by atoms with Crippen LogP contribution in [0.5, 0.6) is 0 Å². The van der Waals surface area contributed by atoms with Crippen LogP contribution in [0.1, 0.15) is 5.69 Å². The van der Waals surface area contributed by atoms with Gasteiger partial charge >= 0.3 is 0 Å². The van der Waals surface area contributed by atoms with Crippen LogP contribution in [0.2, 0.25) is 0 Å². The fourth-order valence-electron chi connectivity index (χ4n) is 1.30. The van der Waals surface area contributed by atoms with Crippen molar-refractivity contribution in [3.05, 3.63) is 53.3 Å². The minimum atomic E-state index is 0.955. The fourth-order valence-corrected chi connectivity index (χ4v) is 1.72. The number of aromatic nitrogens is 2. The van der Waals surface area contributed by atoms with Gasteiger partial charge in [0.25, 0.3) is 0 Å². The van der Waals surface area contributed by atoms with Gasteiger partial charge in [0.2, 0.25) is 0 Å². The first-order valence-electron chi connectivity index (χ1n) is 4.24. The molecular formula is C11H9BrN2. The van der Waals surface area contributed by atoms with Gasteiger partial charge in [-0.05, 0) is 34.1 Å². The molecule has 0 atom stereocenters. The van der Waals surface area contributed by atoms with Gasteiger partial charge in [0.15, 0.2) is 0 Å². The Bertz CT molecular complexity index is 446. The first kappa shape index (κ1) is 9.21. The predicted molar refractivity (Wildman–Crippen MR) is 61.4 cm³/mol. The summed E-state index contributed by atoms with van der Waals surface area (Å²) in [4.78, 5) is 0. The first-order valence-corrected chi connectivity index (χ1v) is 5.03. The summed E-state index contributed by atoms with van der Waals surface area (Å²) in [7, 11) is 0. The molecule has 1 heterocycles. The lowest BCUT2D eigenvalue weighted by atomic mass is 10.3. The Morgan fingerprint density at radius 2 is 2.00 bits per heavy atom. The van der Waals surface area contributed by atoms with Crippen LogP contribution in [0.3, 0.4) is 0 Å². The average Bonchev–Trinajstić information content (AvgIpc) is 2.61. The molecule has 0 fully saturated rings. The van der Waals surface area contributed by atoms with E-state index < -0.39 is 0 Å². The Labute approximate surface area is 91.0 Å². The van der Waals surface area contributed by atoms with Crippen LogP contribution in [0.15, 0.2) is 47.6 Å². The van der Waals surface area contributed by atoms with Crippen molar-refractivity contribution in [3.63, 3.8) is 0 Å². The van der Waals surface area contributed by atoms with E-state index in [0.29, 0.717) is 0 Å². The molecule has 14 heavy (non-hydrogen) atoms. The predicted octanol–water partition coefficient (Wildman–Crippen LogP) is 3.28. The molecule has 1 aromatic heterocycles. The molecular weight excluding hydrogens is 240 g/mol. The van der Waals surface area contributed by atoms with E-state index in [-0.39, 0.29) is 0 Å². The molecule has 0 N–H and O–H groups in total. The summed E-state index contributed by atoms with van der Waals surface area (Å²) in [5.41, 5.74) is 2.00. The molecule has 0 aliphatic rings. The lowest BCUT2D eigenvalue weighted by molar-refractivity contribution is 0.871. The molecule has 3 heteroatoms. The summed E-state index contributed by atoms with van der Waals surface area (Å²) >= 11 is 3.42. The quantitative estimate of drug-likeness (QED) is 0.798. The minimum Gasteiger partial charge on any atom is -0.233 e. The van der Waals surface area contributed by atoms with Crippen LogP contribution >= 0.6 is 15.9 Å². The van der Waals surface area contributed by atoms with Crippen molar-refractivity contribution in [2.45, 2.75) is 0 Å². The van der Waals surface area contributed by atoms with Gasteiger partial charge < -0.3 is 0 Å². The monoisotopic (exact) mass is 248 g/mol. The minimum absolute atomic E-state index is 0.955. The number of rotatable bonds is 2. The topological polar surface area (TPSA) is 17.8 Å². The van der Waals surface area contributed by atoms with Gasteiger partial charge in [-0.3, -0.25) is 0 Å². The molecule has 2 nitrogen and oxygen atoms in total. The Morgan fingerprint density at radius 3 is 2.64 bits per heavy atom. The summed E-state index contributed by atoms with van der Waals surface area (Å²) in [6.07, 6.45) is 3.55. The number of hydrogen-bond donors (Lipinski definition) is 0. The van der Waals surface area contributed by atoms with Crippen LogP contribution in [0.4, 0.5) is 0 Å². The molecule has 0 radical (unpaired) electrons. The summed E-state index contributed by atoms with van der Waals surface area (Å²) in [6, 6.07) is 9.96. The number of halogens is 1. The molecule has 0 aliphatic heterocycles. The third kappa shape index (κ3) is 1.51. The third-order valence-electron chi connectivity index (χ3n) is 1.95. The highest BCUT2D eigenvalue weighted by molar-refractivity contribution is 9.10. The number of para-hydroxylation sites is 1. The molecule has 0 unspecified atom stereocenters. The highest BCUT2D eigenvalue weighted by Gasteiger charge is 2.05. The molecule has 1 aromatic carbocycles. The zero-order valence-electron chi connectivity index (χ0n) is 7.52. The van der Waals surface area contributed by atoms with Gasteiger partial charge in [-0.2, -0.15) is 5.10 Å². The van der Waals surface area contributed by atoms with Crippen LogP contribution in [-0.2, 0) is 0 Å². The SMILES string of the molecule is C=Cc1c(Br)cnn1-c1ccccc1. The van der Waals surface area contributed by atoms with Crippen molar-refractivity contribution in [1.29, 1.82) is 0 Å². The average molecular weight is 249 g/mol. The van der Waals surface area contributed by atoms with Crippen molar-refractivity contribution in [2.75, 3.05) is 0 Å². The van der Waals surface area contributed by atoms with Crippen molar-refractivity contribution in [2.24, 2.45) is 0 Å². The van der Waals surface area contributed by atoms with Crippen molar-refractivity contribution < 1.29 is 0 Å². The second kappa shape index (κ2) is 3.80. The van der Waals surface area contributed by atoms with Gasteiger partial charge in [0, 0.05) is 0 Å². The van der Waals surface area contributed by atoms with E-state index in [0.717, 1.165) is 15.9 Å². The zero-order chi connectivity index (χ0) is 9.97. The number of nitrogens with zero attached hydrogens (tertiary/aromatic N) is 2. The van der Waals surface area contributed by atoms with E-state index in [1.54, 1.807) is 12.3 Å². The van der Waals surface area contributed by atoms with Crippen molar-refractivity contribution >= 4 is 22.0 Å². The van der Waals surface area contributed by atoms with Crippen molar-refractivity contribution in [3.8, 4) is 5.69 Å². The van der Waals surface area contributed by atoms with Gasteiger partial charge in [-0.25, -0.2) is 4.68 Å². The summed E-state index contributed by atoms with van der Waals surface area (Å²) in [6.45, 7) is 3.76. The van der Waals surface area contributed by atoms with Gasteiger partial charge in [0.1, 0.15) is 0 Å². The van der Waals surface area contributed by atoms with Crippen LogP contribution in [-0.4, -0.2) is 9.78 Å². The maximum atomic E-state index is 4.26. The lowest BCUT2D eigenvalue weighted by Gasteiger charge is -2.03. The zero-order valence-corrected chi connectivity index (χ0v) is 9.11. The lowest BCUT2D eigenvalue weighted by Crippen LogP contribution is -1.97. The normalized spacial score (nSPS) is 10.1. The second-order valence-electron chi connectivity index (χ2n) is 2.83. The number of benzene rings is 1. The van der Waals surface area contributed by atoms with E-state index in [9.17, 15) is 0 Å². The Balaban J connectivity index is 2.57. The molecule has 0 spiro atoms. The second-order valence-corrected chi connectivity index (χ2v) is 3.68. The maximum absolute atomic E-state index is 4.26. The summed E-state index contributed by atoms with van der Waals surface area (Å²) < 4.78 is 2.80. The van der Waals surface area contributed by atoms with Crippen molar-refractivity contribution in [1.82, 2.24) is 9.78 Å². The van der Waals surface area contributed by atoms with Gasteiger partial charge in [0.05, 0.1) is 22.1 Å². The van der Waals surface area contributed by atoms with E-state index in [2.05, 4.69) is 27.6 Å². The standard InChI is InChI=1S/C11H9BrN2/c1-2-11-10(12)8-13-14(11)9-6-4-3-5-7-9/h2-8H,1H2. The molecule has 2 rings (SSSR count). The Hall–Kier alpha value is -1.35. The number of hydrogen-bond acceptors (Lipinski definition) is 1. The molecule has 0 bridgehead atoms. The highest BCUT2D eigenvalue weighted by Crippen LogP contribution is 2.20. The molecule has 2 aromatic rings. The third-order valence-corrected chi connectivity index (χ3v) is 2.56. The van der Waals surface area contributed by atoms with Crippen LogP contribution < -0.4 is 0 Å². The van der Waals surface area contributed by atoms with E-state index in [4.69, 9.17) is 0 Å². The summed E-state index contributed by atoms with van der Waals surface area (Å²) in [5, 5.41) is 4.26. The van der Waals surface area contributed by atoms with Crippen LogP contribution in [0.25, 0.3) is 11.8 Å². The van der Waals surface area contributed by atoms with Crippen LogP contribution in [0, 0.1) is 0 Å². The Kier molecular flexibility index (Phi) is 2.50. The molecule has 0 saturated carbocycles. The first-order chi connectivity index (χ1) is 6.83. The molecule has 70 valence electrons. The maximum Gasteiger partial charge on any atom is 0.0805 e. The van der Waals surface area contributed by atoms with E-state index in [1.807, 2.05) is 35.0 Å². The molecule has 0 amide bonds. The van der Waals surface area contributed by atoms with Gasteiger partial charge in [-0.15, -0.1) is 0 Å². The fraction of sp³-hybridized carbons (Fsp3) is 0. The van der Waals surface area contributed by atoms with E-state index in [1.165, 1.54) is 0 Å². The summed E-state index contributed by atoms with van der Waals surface area (Å²) in [5.74, 6) is 0. The highest BCUT2D eigenvalue weighted by atomic mass is 79.9.